The van der Waals surface area contributed by atoms with E-state index in [0.717, 1.165) is 36.1 Å². The van der Waals surface area contributed by atoms with Crippen molar-refractivity contribution in [2.45, 2.75) is 58.0 Å². The lowest BCUT2D eigenvalue weighted by molar-refractivity contribution is -0.137. The molecule has 5 nitrogen and oxygen atoms in total. The smallest absolute Gasteiger partial charge is 0.416 e. The third-order valence-electron chi connectivity index (χ3n) is 4.72. The Morgan fingerprint density at radius 2 is 1.72 bits per heavy atom. The van der Waals surface area contributed by atoms with Crippen molar-refractivity contribution in [1.29, 1.82) is 0 Å². The molecule has 0 unspecified atom stereocenters. The van der Waals surface area contributed by atoms with Gasteiger partial charge in [0, 0.05) is 12.6 Å². The van der Waals surface area contributed by atoms with Gasteiger partial charge >= 0.3 is 12.3 Å². The maximum atomic E-state index is 12.9. The minimum absolute atomic E-state index is 0.227. The molecule has 8 heteroatoms. The average Bonchev–Trinajstić information content (AvgIpc) is 3.52. The second-order valence-corrected chi connectivity index (χ2v) is 8.87. The number of amides is 1. The maximum Gasteiger partial charge on any atom is 0.416 e. The van der Waals surface area contributed by atoms with E-state index in [4.69, 9.17) is 9.47 Å². The number of carbonyl (C=O) groups excluding carboxylic acids is 1. The Hall–Kier alpha value is -2.74. The van der Waals surface area contributed by atoms with Crippen LogP contribution in [0.2, 0.25) is 0 Å². The van der Waals surface area contributed by atoms with E-state index in [1.807, 2.05) is 12.1 Å². The monoisotopic (exact) mass is 450 g/mol. The molecule has 32 heavy (non-hydrogen) atoms. The summed E-state index contributed by atoms with van der Waals surface area (Å²) in [5.41, 5.74) is 1.15. The lowest BCUT2D eigenvalue weighted by Gasteiger charge is -2.19. The molecule has 0 bridgehead atoms. The number of hydrogen-bond acceptors (Lipinski definition) is 4. The van der Waals surface area contributed by atoms with Crippen molar-refractivity contribution in [3.05, 3.63) is 53.6 Å². The molecule has 2 aromatic carbocycles. The fourth-order valence-electron chi connectivity index (χ4n) is 3.05. The van der Waals surface area contributed by atoms with Gasteiger partial charge in [-0.15, -0.1) is 0 Å². The van der Waals surface area contributed by atoms with Gasteiger partial charge in [-0.05, 0) is 80.6 Å². The first-order valence-electron chi connectivity index (χ1n) is 10.6. The Morgan fingerprint density at radius 3 is 2.31 bits per heavy atom. The van der Waals surface area contributed by atoms with Crippen LogP contribution in [0.25, 0.3) is 11.1 Å². The Balaban J connectivity index is 1.68. The summed E-state index contributed by atoms with van der Waals surface area (Å²) >= 11 is 0. The van der Waals surface area contributed by atoms with Crippen molar-refractivity contribution in [3.63, 3.8) is 0 Å². The number of ether oxygens (including phenoxy) is 2. The number of halogens is 3. The van der Waals surface area contributed by atoms with Crippen molar-refractivity contribution < 1.29 is 27.4 Å². The topological polar surface area (TPSA) is 59.6 Å². The molecule has 0 atom stereocenters. The number of rotatable bonds is 8. The van der Waals surface area contributed by atoms with Crippen LogP contribution < -0.4 is 15.4 Å². The molecular weight excluding hydrogens is 421 g/mol. The normalized spacial score (nSPS) is 14.2. The largest absolute Gasteiger partial charge is 0.492 e. The first kappa shape index (κ1) is 23.9. The van der Waals surface area contributed by atoms with Crippen LogP contribution in [0.1, 0.15) is 44.7 Å². The SMILES string of the molecule is CC(C)(C)OC(=O)NCCOc1cc(CNC2CC2)cc(-c2ccc(C(F)(F)F)cc2)c1. The van der Waals surface area contributed by atoms with Crippen molar-refractivity contribution in [3.8, 4) is 16.9 Å². The highest BCUT2D eigenvalue weighted by atomic mass is 19.4. The fraction of sp³-hybridized carbons (Fsp3) is 0.458. The van der Waals surface area contributed by atoms with Crippen molar-refractivity contribution >= 4 is 6.09 Å². The van der Waals surface area contributed by atoms with E-state index in [9.17, 15) is 18.0 Å². The van der Waals surface area contributed by atoms with Crippen LogP contribution in [0.15, 0.2) is 42.5 Å². The molecule has 1 aliphatic rings. The molecule has 0 spiro atoms. The number of alkyl carbamates (subject to hydrolysis) is 1. The summed E-state index contributed by atoms with van der Waals surface area (Å²) in [6, 6.07) is 11.2. The summed E-state index contributed by atoms with van der Waals surface area (Å²) in [6.45, 7) is 6.49. The van der Waals surface area contributed by atoms with Gasteiger partial charge in [-0.3, -0.25) is 0 Å². The minimum atomic E-state index is -4.37. The zero-order valence-electron chi connectivity index (χ0n) is 18.5. The summed E-state index contributed by atoms with van der Waals surface area (Å²) in [5.74, 6) is 0.584. The van der Waals surface area contributed by atoms with E-state index in [1.54, 1.807) is 26.8 Å². The van der Waals surface area contributed by atoms with E-state index in [0.29, 0.717) is 23.9 Å². The molecule has 2 N–H and O–H groups in total. The quantitative estimate of drug-likeness (QED) is 0.520. The highest BCUT2D eigenvalue weighted by molar-refractivity contribution is 5.68. The number of nitrogens with one attached hydrogen (secondary N) is 2. The summed E-state index contributed by atoms with van der Waals surface area (Å²) in [4.78, 5) is 11.7. The number of alkyl halides is 3. The molecule has 0 heterocycles. The second-order valence-electron chi connectivity index (χ2n) is 8.87. The Morgan fingerprint density at radius 1 is 1.03 bits per heavy atom. The first-order chi connectivity index (χ1) is 15.0. The van der Waals surface area contributed by atoms with Crippen LogP contribution in [0.3, 0.4) is 0 Å². The maximum absolute atomic E-state index is 12.9. The van der Waals surface area contributed by atoms with Crippen LogP contribution in [-0.2, 0) is 17.5 Å². The molecule has 0 aromatic heterocycles. The summed E-state index contributed by atoms with van der Waals surface area (Å²) < 4.78 is 49.7. The lowest BCUT2D eigenvalue weighted by atomic mass is 10.0. The lowest BCUT2D eigenvalue weighted by Crippen LogP contribution is -2.34. The van der Waals surface area contributed by atoms with Gasteiger partial charge < -0.3 is 20.1 Å². The summed E-state index contributed by atoms with van der Waals surface area (Å²) in [7, 11) is 0. The van der Waals surface area contributed by atoms with Crippen LogP contribution in [0.4, 0.5) is 18.0 Å². The van der Waals surface area contributed by atoms with Gasteiger partial charge in [0.25, 0.3) is 0 Å². The molecular formula is C24H29F3N2O3. The van der Waals surface area contributed by atoms with Crippen LogP contribution >= 0.6 is 0 Å². The van der Waals surface area contributed by atoms with E-state index in [2.05, 4.69) is 10.6 Å². The van der Waals surface area contributed by atoms with Crippen LogP contribution in [0, 0.1) is 0 Å². The van der Waals surface area contributed by atoms with Gasteiger partial charge in [-0.1, -0.05) is 12.1 Å². The van der Waals surface area contributed by atoms with Gasteiger partial charge in [-0.25, -0.2) is 4.79 Å². The first-order valence-corrected chi connectivity index (χ1v) is 10.6. The molecule has 1 aliphatic carbocycles. The second kappa shape index (κ2) is 9.81. The molecule has 2 aromatic rings. The summed E-state index contributed by atoms with van der Waals surface area (Å²) in [6.07, 6.45) is -2.59. The number of carbonyl (C=O) groups is 1. The number of benzene rings is 2. The van der Waals surface area contributed by atoms with Gasteiger partial charge in [0.15, 0.2) is 0 Å². The van der Waals surface area contributed by atoms with Crippen molar-refractivity contribution in [2.75, 3.05) is 13.2 Å². The molecule has 1 fully saturated rings. The molecule has 1 saturated carbocycles. The van der Waals surface area contributed by atoms with E-state index in [1.165, 1.54) is 12.1 Å². The third kappa shape index (κ3) is 7.75. The van der Waals surface area contributed by atoms with Crippen LogP contribution in [-0.4, -0.2) is 30.9 Å². The van der Waals surface area contributed by atoms with Gasteiger partial charge in [-0.2, -0.15) is 13.2 Å². The molecule has 0 radical (unpaired) electrons. The highest BCUT2D eigenvalue weighted by Gasteiger charge is 2.30. The number of hydrogen-bond donors (Lipinski definition) is 2. The minimum Gasteiger partial charge on any atom is -0.492 e. The van der Waals surface area contributed by atoms with E-state index in [-0.39, 0.29) is 13.2 Å². The van der Waals surface area contributed by atoms with Gasteiger partial charge in [0.2, 0.25) is 0 Å². The van der Waals surface area contributed by atoms with Crippen LogP contribution in [0.5, 0.6) is 5.75 Å². The molecule has 174 valence electrons. The Kier molecular flexibility index (Phi) is 7.33. The summed E-state index contributed by atoms with van der Waals surface area (Å²) in [5, 5.41) is 6.07. The predicted molar refractivity (Wildman–Crippen MR) is 116 cm³/mol. The standard InChI is InChI=1S/C24H29F3N2O3/c1-23(2,3)32-22(30)28-10-11-31-21-13-16(15-29-20-8-9-20)12-18(14-21)17-4-6-19(7-5-17)24(25,26)27/h4-7,12-14,20,29H,8-11,15H2,1-3H3,(H,28,30). The predicted octanol–water partition coefficient (Wildman–Crippen LogP) is 5.53. The average molecular weight is 451 g/mol. The fourth-order valence-corrected chi connectivity index (χ4v) is 3.05. The molecule has 1 amide bonds. The third-order valence-corrected chi connectivity index (χ3v) is 4.72. The Bertz CT molecular complexity index is 918. The zero-order valence-corrected chi connectivity index (χ0v) is 18.5. The van der Waals surface area contributed by atoms with Gasteiger partial charge in [0.05, 0.1) is 12.1 Å². The van der Waals surface area contributed by atoms with E-state index < -0.39 is 23.4 Å². The molecule has 0 saturated heterocycles. The van der Waals surface area contributed by atoms with E-state index >= 15 is 0 Å². The zero-order chi connectivity index (χ0) is 23.4. The Labute approximate surface area is 186 Å². The molecule has 3 rings (SSSR count). The van der Waals surface area contributed by atoms with Crippen molar-refractivity contribution in [1.82, 2.24) is 10.6 Å². The van der Waals surface area contributed by atoms with Crippen molar-refractivity contribution in [2.24, 2.45) is 0 Å². The van der Waals surface area contributed by atoms with Gasteiger partial charge in [0.1, 0.15) is 18.0 Å². The molecule has 0 aliphatic heterocycles. The highest BCUT2D eigenvalue weighted by Crippen LogP contribution is 2.32.